The van der Waals surface area contributed by atoms with E-state index >= 15 is 0 Å². The van der Waals surface area contributed by atoms with E-state index in [1.807, 2.05) is 0 Å². The number of hydrogen-bond donors (Lipinski definition) is 0. The van der Waals surface area contributed by atoms with Crippen molar-refractivity contribution in [2.24, 2.45) is 0 Å². The lowest BCUT2D eigenvalue weighted by Crippen LogP contribution is -1.97. The van der Waals surface area contributed by atoms with Crippen molar-refractivity contribution in [3.8, 4) is 0 Å². The Morgan fingerprint density at radius 1 is 0.762 bits per heavy atom. The lowest BCUT2D eigenvalue weighted by molar-refractivity contribution is 1.05. The third kappa shape index (κ3) is 2.96. The molecule has 1 heteroatoms. The Morgan fingerprint density at radius 2 is 1.29 bits per heavy atom. The number of benzene rings is 2. The maximum absolute atomic E-state index is 6.71. The zero-order valence-corrected chi connectivity index (χ0v) is 13.2. The van der Waals surface area contributed by atoms with Crippen LogP contribution in [-0.4, -0.2) is 0 Å². The summed E-state index contributed by atoms with van der Waals surface area (Å²) in [5.74, 6) is 0. The van der Waals surface area contributed by atoms with Crippen molar-refractivity contribution in [3.05, 3.63) is 81.9 Å². The van der Waals surface area contributed by atoms with E-state index in [0.717, 1.165) is 17.9 Å². The largest absolute Gasteiger partial charge is 0.0834 e. The molecule has 106 valence electrons. The molecule has 0 aromatic heterocycles. The Bertz CT molecular complexity index is 701. The molecule has 0 aliphatic heterocycles. The molecule has 2 aromatic carbocycles. The van der Waals surface area contributed by atoms with E-state index in [2.05, 4.69) is 68.5 Å². The first kappa shape index (κ1) is 14.2. The van der Waals surface area contributed by atoms with Gasteiger partial charge in [-0.2, -0.15) is 0 Å². The zero-order chi connectivity index (χ0) is 14.8. The van der Waals surface area contributed by atoms with Gasteiger partial charge in [0.25, 0.3) is 0 Å². The predicted molar refractivity (Wildman–Crippen MR) is 92.3 cm³/mol. The van der Waals surface area contributed by atoms with Gasteiger partial charge in [-0.25, -0.2) is 0 Å². The molecule has 0 unspecified atom stereocenters. The highest BCUT2D eigenvalue weighted by molar-refractivity contribution is 6.40. The first-order chi connectivity index (χ1) is 10.1. The quantitative estimate of drug-likeness (QED) is 0.625. The van der Waals surface area contributed by atoms with Crippen LogP contribution < -0.4 is 0 Å². The van der Waals surface area contributed by atoms with Crippen molar-refractivity contribution in [2.75, 3.05) is 0 Å². The molecule has 0 spiro atoms. The number of rotatable bonds is 2. The number of allylic oxidation sites excluding steroid dienone is 4. The molecule has 0 heterocycles. The first-order valence-corrected chi connectivity index (χ1v) is 7.76. The van der Waals surface area contributed by atoms with Crippen molar-refractivity contribution in [3.63, 3.8) is 0 Å². The van der Waals surface area contributed by atoms with Gasteiger partial charge in [0.1, 0.15) is 0 Å². The van der Waals surface area contributed by atoms with Gasteiger partial charge in [-0.15, -0.1) is 0 Å². The average Bonchev–Trinajstić information content (AvgIpc) is 2.50. The van der Waals surface area contributed by atoms with Gasteiger partial charge in [0.2, 0.25) is 0 Å². The van der Waals surface area contributed by atoms with Gasteiger partial charge in [-0.1, -0.05) is 77.3 Å². The van der Waals surface area contributed by atoms with Crippen LogP contribution in [0.2, 0.25) is 0 Å². The summed E-state index contributed by atoms with van der Waals surface area (Å²) in [4.78, 5) is 0. The van der Waals surface area contributed by atoms with Crippen LogP contribution in [0.1, 0.15) is 35.1 Å². The minimum Gasteiger partial charge on any atom is -0.0834 e. The molecule has 0 amide bonds. The molecular weight excluding hydrogens is 276 g/mol. The maximum atomic E-state index is 6.71. The van der Waals surface area contributed by atoms with Crippen LogP contribution in [0.15, 0.2) is 59.6 Å². The van der Waals surface area contributed by atoms with Gasteiger partial charge in [0.05, 0.1) is 5.03 Å². The maximum Gasteiger partial charge on any atom is 0.0519 e. The molecule has 0 radical (unpaired) electrons. The Hall–Kier alpha value is -1.79. The van der Waals surface area contributed by atoms with Gasteiger partial charge in [0.15, 0.2) is 0 Å². The third-order valence-corrected chi connectivity index (χ3v) is 4.44. The molecule has 0 atom stereocenters. The van der Waals surface area contributed by atoms with Crippen LogP contribution in [0, 0.1) is 13.8 Å². The summed E-state index contributed by atoms with van der Waals surface area (Å²) in [6.07, 6.45) is 4.31. The molecule has 0 bridgehead atoms. The monoisotopic (exact) mass is 294 g/mol. The Labute approximate surface area is 131 Å². The lowest BCUT2D eigenvalue weighted by atomic mass is 9.90. The highest BCUT2D eigenvalue weighted by Gasteiger charge is 2.17. The van der Waals surface area contributed by atoms with Crippen molar-refractivity contribution in [2.45, 2.75) is 26.7 Å². The van der Waals surface area contributed by atoms with Crippen LogP contribution >= 0.6 is 11.6 Å². The highest BCUT2D eigenvalue weighted by atomic mass is 35.5. The molecule has 0 saturated heterocycles. The molecular formula is C20H19Cl. The summed E-state index contributed by atoms with van der Waals surface area (Å²) in [5.41, 5.74) is 7.42. The Morgan fingerprint density at radius 3 is 1.86 bits per heavy atom. The first-order valence-electron chi connectivity index (χ1n) is 7.38. The molecule has 2 aromatic rings. The normalized spacial score (nSPS) is 15.1. The van der Waals surface area contributed by atoms with Crippen molar-refractivity contribution < 1.29 is 0 Å². The van der Waals surface area contributed by atoms with Crippen molar-refractivity contribution in [1.29, 1.82) is 0 Å². The van der Waals surface area contributed by atoms with Crippen LogP contribution in [0.25, 0.3) is 11.1 Å². The van der Waals surface area contributed by atoms with Gasteiger partial charge < -0.3 is 0 Å². The number of hydrogen-bond acceptors (Lipinski definition) is 0. The van der Waals surface area contributed by atoms with E-state index in [4.69, 9.17) is 11.6 Å². The van der Waals surface area contributed by atoms with E-state index in [-0.39, 0.29) is 0 Å². The minimum atomic E-state index is 0.897. The van der Waals surface area contributed by atoms with Gasteiger partial charge in [0, 0.05) is 0 Å². The molecule has 1 aliphatic rings. The summed E-state index contributed by atoms with van der Waals surface area (Å²) in [5, 5.41) is 0.897. The second-order valence-electron chi connectivity index (χ2n) is 5.68. The molecule has 21 heavy (non-hydrogen) atoms. The number of halogens is 1. The zero-order valence-electron chi connectivity index (χ0n) is 12.5. The Kier molecular flexibility index (Phi) is 3.98. The van der Waals surface area contributed by atoms with E-state index in [9.17, 15) is 0 Å². The minimum absolute atomic E-state index is 0.897. The van der Waals surface area contributed by atoms with Crippen LogP contribution in [0.4, 0.5) is 0 Å². The van der Waals surface area contributed by atoms with Crippen LogP contribution in [-0.2, 0) is 0 Å². The van der Waals surface area contributed by atoms with Gasteiger partial charge in [-0.05, 0) is 49.0 Å². The topological polar surface area (TPSA) is 0 Å². The number of aryl methyl sites for hydroxylation is 2. The highest BCUT2D eigenvalue weighted by Crippen LogP contribution is 2.39. The molecule has 3 rings (SSSR count). The molecule has 1 aliphatic carbocycles. The Balaban J connectivity index is 2.02. The van der Waals surface area contributed by atoms with Crippen molar-refractivity contribution >= 4 is 22.7 Å². The smallest absolute Gasteiger partial charge is 0.0519 e. The van der Waals surface area contributed by atoms with Gasteiger partial charge in [-0.3, -0.25) is 0 Å². The summed E-state index contributed by atoms with van der Waals surface area (Å²) in [6, 6.07) is 17.2. The summed E-state index contributed by atoms with van der Waals surface area (Å²) < 4.78 is 0. The molecule has 0 N–H and O–H groups in total. The third-order valence-electron chi connectivity index (χ3n) is 4.01. The fourth-order valence-electron chi connectivity index (χ4n) is 2.73. The van der Waals surface area contributed by atoms with Crippen molar-refractivity contribution in [1.82, 2.24) is 0 Å². The SMILES string of the molecule is Cc1ccc(C2=CCCC(c3ccc(C)cc3)=C2Cl)cc1. The summed E-state index contributed by atoms with van der Waals surface area (Å²) in [7, 11) is 0. The second kappa shape index (κ2) is 5.91. The second-order valence-corrected chi connectivity index (χ2v) is 6.06. The fourth-order valence-corrected chi connectivity index (χ4v) is 3.12. The van der Waals surface area contributed by atoms with Gasteiger partial charge >= 0.3 is 0 Å². The summed E-state index contributed by atoms with van der Waals surface area (Å²) in [6.45, 7) is 4.21. The van der Waals surface area contributed by atoms with E-state index in [1.165, 1.54) is 33.4 Å². The fraction of sp³-hybridized carbons (Fsp3) is 0.200. The molecule has 0 fully saturated rings. The van der Waals surface area contributed by atoms with E-state index in [1.54, 1.807) is 0 Å². The summed E-state index contributed by atoms with van der Waals surface area (Å²) >= 11 is 6.71. The lowest BCUT2D eigenvalue weighted by Gasteiger charge is -2.19. The van der Waals surface area contributed by atoms with Crippen LogP contribution in [0.5, 0.6) is 0 Å². The van der Waals surface area contributed by atoms with E-state index in [0.29, 0.717) is 0 Å². The van der Waals surface area contributed by atoms with Crippen LogP contribution in [0.3, 0.4) is 0 Å². The average molecular weight is 295 g/mol. The standard InChI is InChI=1S/C20H19Cl/c1-14-6-10-16(11-7-14)18-4-3-5-19(20(18)21)17-12-8-15(2)9-13-17/h4,6-13H,3,5H2,1-2H3. The molecule has 0 nitrogen and oxygen atoms in total. The van der Waals surface area contributed by atoms with E-state index < -0.39 is 0 Å². The molecule has 0 saturated carbocycles. The predicted octanol–water partition coefficient (Wildman–Crippen LogP) is 6.13.